The van der Waals surface area contributed by atoms with Gasteiger partial charge in [0.1, 0.15) is 0 Å². The van der Waals surface area contributed by atoms with Gasteiger partial charge in [-0.3, -0.25) is 9.98 Å². The second-order valence-corrected chi connectivity index (χ2v) is 11.0. The Morgan fingerprint density at radius 1 is 0.643 bits per heavy atom. The molecule has 0 saturated carbocycles. The fourth-order valence-electron chi connectivity index (χ4n) is 2.55. The van der Waals surface area contributed by atoms with E-state index in [0.717, 1.165) is 34.2 Å². The van der Waals surface area contributed by atoms with Crippen LogP contribution in [0.15, 0.2) is 64.6 Å². The Hall–Kier alpha value is -0.150. The maximum atomic E-state index is 4.79. The quantitative estimate of drug-likeness (QED) is 0.196. The van der Waals surface area contributed by atoms with Gasteiger partial charge in [-0.2, -0.15) is 0 Å². The van der Waals surface area contributed by atoms with Gasteiger partial charge in [0.2, 0.25) is 0 Å². The molecule has 7 heteroatoms. The van der Waals surface area contributed by atoms with Crippen LogP contribution in [-0.4, -0.2) is 16.4 Å². The molecule has 0 unspecified atom stereocenters. The average Bonchev–Trinajstić information content (AvgIpc) is 2.60. The van der Waals surface area contributed by atoms with Gasteiger partial charge in [-0.25, -0.2) is 4.98 Å². The van der Waals surface area contributed by atoms with Gasteiger partial charge in [-0.1, -0.05) is 6.07 Å². The Morgan fingerprint density at radius 2 is 1.00 bits per heavy atom. The molecule has 3 nitrogen and oxygen atoms in total. The molecule has 0 bridgehead atoms. The van der Waals surface area contributed by atoms with Gasteiger partial charge in [-0.05, 0) is 153 Å². The lowest BCUT2D eigenvalue weighted by Gasteiger charge is -2.06. The largest absolute Gasteiger partial charge is 0.251 e. The summed E-state index contributed by atoms with van der Waals surface area (Å²) < 4.78 is 4.70. The summed E-state index contributed by atoms with van der Waals surface area (Å²) >= 11 is 9.26. The molecule has 0 radical (unpaired) electrons. The van der Waals surface area contributed by atoms with Gasteiger partial charge in [0.15, 0.2) is 0 Å². The van der Waals surface area contributed by atoms with Crippen LogP contribution in [0.3, 0.4) is 0 Å². The fraction of sp³-hybridized carbons (Fsp3) is 0.0952. The van der Waals surface area contributed by atoms with E-state index in [9.17, 15) is 0 Å². The molecule has 1 heterocycles. The monoisotopic (exact) mass is 817 g/mol. The third-order valence-electron chi connectivity index (χ3n) is 3.78. The number of rotatable bonds is 4. The maximum absolute atomic E-state index is 4.79. The second-order valence-electron chi connectivity index (χ2n) is 6.06. The van der Waals surface area contributed by atoms with Crippen molar-refractivity contribution in [1.29, 1.82) is 0 Å². The zero-order valence-corrected chi connectivity index (χ0v) is 23.7. The van der Waals surface area contributed by atoms with E-state index in [1.165, 1.54) is 14.3 Å². The SMILES string of the molecule is CC(=Nc1cc(I)cc(I)c1)c1cccc(C(C)=Nc2cc(I)cc(I)c2)n1. The number of halogens is 4. The minimum absolute atomic E-state index is 0.859. The van der Waals surface area contributed by atoms with E-state index < -0.39 is 0 Å². The number of aliphatic imine (C=N–C) groups is 2. The minimum atomic E-state index is 0.859. The molecule has 1 aromatic heterocycles. The molecular weight excluding hydrogens is 802 g/mol. The van der Waals surface area contributed by atoms with Crippen molar-refractivity contribution >= 4 is 113 Å². The summed E-state index contributed by atoms with van der Waals surface area (Å²) in [6.07, 6.45) is 0. The number of hydrogen-bond donors (Lipinski definition) is 0. The van der Waals surface area contributed by atoms with Gasteiger partial charge in [0.05, 0.1) is 34.2 Å². The topological polar surface area (TPSA) is 37.6 Å². The highest BCUT2D eigenvalue weighted by atomic mass is 127. The van der Waals surface area contributed by atoms with E-state index in [4.69, 9.17) is 15.0 Å². The lowest BCUT2D eigenvalue weighted by Crippen LogP contribution is -2.05. The van der Waals surface area contributed by atoms with Crippen LogP contribution in [0.25, 0.3) is 0 Å². The fourth-order valence-corrected chi connectivity index (χ4v) is 6.36. The van der Waals surface area contributed by atoms with Gasteiger partial charge in [0.25, 0.3) is 0 Å². The summed E-state index contributed by atoms with van der Waals surface area (Å²) in [5.41, 5.74) is 5.38. The van der Waals surface area contributed by atoms with E-state index in [1.807, 2.05) is 32.0 Å². The highest BCUT2D eigenvalue weighted by molar-refractivity contribution is 14.1. The number of pyridine rings is 1. The van der Waals surface area contributed by atoms with Crippen molar-refractivity contribution in [3.63, 3.8) is 0 Å². The van der Waals surface area contributed by atoms with Gasteiger partial charge < -0.3 is 0 Å². The van der Waals surface area contributed by atoms with Crippen LogP contribution in [0.2, 0.25) is 0 Å². The summed E-state index contributed by atoms with van der Waals surface area (Å²) in [7, 11) is 0. The third kappa shape index (κ3) is 6.42. The summed E-state index contributed by atoms with van der Waals surface area (Å²) in [6, 6.07) is 18.5. The normalized spacial score (nSPS) is 12.4. The van der Waals surface area contributed by atoms with Gasteiger partial charge in [-0.15, -0.1) is 0 Å². The molecule has 0 saturated heterocycles. The molecule has 0 N–H and O–H groups in total. The molecular formula is C21H15I4N3. The first-order chi connectivity index (χ1) is 13.3. The van der Waals surface area contributed by atoms with Gasteiger partial charge in [0, 0.05) is 14.3 Å². The van der Waals surface area contributed by atoms with E-state index in [0.29, 0.717) is 0 Å². The van der Waals surface area contributed by atoms with Crippen molar-refractivity contribution in [2.45, 2.75) is 13.8 Å². The zero-order valence-electron chi connectivity index (χ0n) is 15.0. The Kier molecular flexibility index (Phi) is 8.24. The van der Waals surface area contributed by atoms with Crippen LogP contribution in [0.5, 0.6) is 0 Å². The molecule has 0 fully saturated rings. The van der Waals surface area contributed by atoms with Crippen LogP contribution in [0.4, 0.5) is 11.4 Å². The Morgan fingerprint density at radius 3 is 1.36 bits per heavy atom. The molecule has 3 aromatic rings. The average molecular weight is 817 g/mol. The maximum Gasteiger partial charge on any atom is 0.0849 e. The first-order valence-corrected chi connectivity index (χ1v) is 12.6. The highest BCUT2D eigenvalue weighted by Crippen LogP contribution is 2.23. The van der Waals surface area contributed by atoms with Crippen molar-refractivity contribution in [1.82, 2.24) is 4.98 Å². The van der Waals surface area contributed by atoms with Crippen LogP contribution < -0.4 is 0 Å². The molecule has 0 aliphatic carbocycles. The van der Waals surface area contributed by atoms with Crippen molar-refractivity contribution in [2.75, 3.05) is 0 Å². The van der Waals surface area contributed by atoms with E-state index in [1.54, 1.807) is 0 Å². The molecule has 0 atom stereocenters. The Bertz CT molecular complexity index is 968. The van der Waals surface area contributed by atoms with E-state index in [-0.39, 0.29) is 0 Å². The second kappa shape index (κ2) is 10.2. The number of nitrogens with zero attached hydrogens (tertiary/aromatic N) is 3. The van der Waals surface area contributed by atoms with Crippen molar-refractivity contribution in [3.05, 3.63) is 80.3 Å². The van der Waals surface area contributed by atoms with E-state index in [2.05, 4.69) is 127 Å². The Balaban J connectivity index is 1.92. The molecule has 0 aliphatic rings. The summed E-state index contributed by atoms with van der Waals surface area (Å²) in [5.74, 6) is 0. The smallest absolute Gasteiger partial charge is 0.0849 e. The van der Waals surface area contributed by atoms with Gasteiger partial charge >= 0.3 is 0 Å². The summed E-state index contributed by atoms with van der Waals surface area (Å²) in [4.78, 5) is 14.3. The molecule has 3 rings (SSSR count). The van der Waals surface area contributed by atoms with Crippen LogP contribution >= 0.6 is 90.4 Å². The predicted octanol–water partition coefficient (Wildman–Crippen LogP) is 7.78. The Labute approximate surface area is 219 Å². The van der Waals surface area contributed by atoms with Crippen molar-refractivity contribution in [2.24, 2.45) is 9.98 Å². The molecule has 0 aliphatic heterocycles. The minimum Gasteiger partial charge on any atom is -0.251 e. The van der Waals surface area contributed by atoms with Crippen molar-refractivity contribution in [3.8, 4) is 0 Å². The number of benzene rings is 2. The van der Waals surface area contributed by atoms with Crippen molar-refractivity contribution < 1.29 is 0 Å². The lowest BCUT2D eigenvalue weighted by atomic mass is 10.2. The zero-order chi connectivity index (χ0) is 20.3. The van der Waals surface area contributed by atoms with E-state index >= 15 is 0 Å². The molecule has 0 amide bonds. The summed E-state index contributed by atoms with van der Waals surface area (Å²) in [6.45, 7) is 3.99. The number of hydrogen-bond acceptors (Lipinski definition) is 3. The lowest BCUT2D eigenvalue weighted by molar-refractivity contribution is 1.24. The highest BCUT2D eigenvalue weighted by Gasteiger charge is 2.06. The molecule has 0 spiro atoms. The predicted molar refractivity (Wildman–Crippen MR) is 152 cm³/mol. The standard InChI is InChI=1S/C21H15I4N3/c1-12(26-18-8-14(22)6-15(23)9-18)20-4-3-5-21(28-20)13(2)27-19-10-16(24)7-17(25)11-19/h3-11H,1-2H3. The molecule has 142 valence electrons. The first kappa shape index (κ1) is 22.5. The summed E-state index contributed by atoms with van der Waals surface area (Å²) in [5, 5.41) is 0. The van der Waals surface area contributed by atoms with Crippen LogP contribution in [-0.2, 0) is 0 Å². The molecule has 2 aromatic carbocycles. The third-order valence-corrected chi connectivity index (χ3v) is 6.27. The first-order valence-electron chi connectivity index (χ1n) is 8.31. The van der Waals surface area contributed by atoms with Crippen LogP contribution in [0.1, 0.15) is 25.2 Å². The molecule has 28 heavy (non-hydrogen) atoms. The number of aromatic nitrogens is 1. The van der Waals surface area contributed by atoms with Crippen LogP contribution in [0, 0.1) is 14.3 Å².